The fraction of sp³-hybridized carbons (Fsp3) is 0.136. The number of carbonyl (C=O) groups is 1. The molecular weight excluding hydrogens is 420 g/mol. The molecule has 2 heterocycles. The number of rotatable bonds is 6. The molecule has 4 N–H and O–H groups in total. The van der Waals surface area contributed by atoms with Gasteiger partial charge in [-0.25, -0.2) is 4.98 Å². The maximum absolute atomic E-state index is 11.6. The molecule has 0 aliphatic carbocycles. The van der Waals surface area contributed by atoms with Crippen molar-refractivity contribution < 1.29 is 19.7 Å². The van der Waals surface area contributed by atoms with Crippen molar-refractivity contribution in [3.8, 4) is 22.8 Å². The zero-order chi connectivity index (χ0) is 22.1. The molecule has 0 aliphatic heterocycles. The van der Waals surface area contributed by atoms with E-state index in [0.717, 1.165) is 10.9 Å². The van der Waals surface area contributed by atoms with Gasteiger partial charge in [-0.2, -0.15) is 5.10 Å². The summed E-state index contributed by atoms with van der Waals surface area (Å²) in [6.07, 6.45) is 0.548. The minimum Gasteiger partial charge on any atom is -0.457 e. The molecule has 0 saturated carbocycles. The highest BCUT2D eigenvalue weighted by Gasteiger charge is 2.15. The summed E-state index contributed by atoms with van der Waals surface area (Å²) < 4.78 is 7.70. The van der Waals surface area contributed by atoms with Gasteiger partial charge in [0.25, 0.3) is 5.91 Å². The van der Waals surface area contributed by atoms with Crippen molar-refractivity contribution >= 4 is 28.4 Å². The van der Waals surface area contributed by atoms with Gasteiger partial charge in [0.05, 0.1) is 34.4 Å². The van der Waals surface area contributed by atoms with Gasteiger partial charge in [-0.05, 0) is 54.1 Å². The van der Waals surface area contributed by atoms with Crippen molar-refractivity contribution in [2.24, 2.45) is 12.8 Å². The van der Waals surface area contributed by atoms with Gasteiger partial charge < -0.3 is 20.7 Å². The smallest absolute Gasteiger partial charge is 0.267 e. The lowest BCUT2D eigenvalue weighted by molar-refractivity contribution is 0.0948. The van der Waals surface area contributed by atoms with Crippen LogP contribution >= 0.6 is 11.6 Å². The molecule has 9 heteroatoms. The van der Waals surface area contributed by atoms with Crippen molar-refractivity contribution in [3.05, 3.63) is 71.0 Å². The van der Waals surface area contributed by atoms with Crippen LogP contribution in [0.15, 0.2) is 54.7 Å². The average Bonchev–Trinajstić information content (AvgIpc) is 3.18. The zero-order valence-corrected chi connectivity index (χ0v) is 17.2. The molecule has 0 bridgehead atoms. The first-order valence-electron chi connectivity index (χ1n) is 9.36. The molecule has 4 aromatic rings. The second kappa shape index (κ2) is 8.35. The fourth-order valence-electron chi connectivity index (χ4n) is 3.25. The number of nitrogens with zero attached hydrogens (tertiary/aromatic N) is 3. The molecule has 31 heavy (non-hydrogen) atoms. The molecule has 0 spiro atoms. The van der Waals surface area contributed by atoms with Gasteiger partial charge in [0, 0.05) is 12.6 Å². The Morgan fingerprint density at radius 3 is 2.65 bits per heavy atom. The topological polar surface area (TPSA) is 123 Å². The summed E-state index contributed by atoms with van der Waals surface area (Å²) in [5.41, 5.74) is 7.60. The second-order valence-corrected chi connectivity index (χ2v) is 7.34. The van der Waals surface area contributed by atoms with Gasteiger partial charge in [0.15, 0.2) is 0 Å². The summed E-state index contributed by atoms with van der Waals surface area (Å²) in [4.78, 5) is 15.9. The largest absolute Gasteiger partial charge is 0.457 e. The first-order valence-corrected chi connectivity index (χ1v) is 9.74. The quantitative estimate of drug-likeness (QED) is 0.424. The van der Waals surface area contributed by atoms with Gasteiger partial charge in [-0.3, -0.25) is 9.48 Å². The number of hydrogen-bond donors (Lipinski definition) is 3. The first kappa shape index (κ1) is 20.8. The molecule has 2 aromatic carbocycles. The lowest BCUT2D eigenvalue weighted by Crippen LogP contribution is -2.15. The van der Waals surface area contributed by atoms with Gasteiger partial charge in [0.2, 0.25) is 0 Å². The number of benzene rings is 2. The predicted octanol–water partition coefficient (Wildman–Crippen LogP) is 3.21. The molecule has 2 aromatic heterocycles. The van der Waals surface area contributed by atoms with Crippen LogP contribution in [0.4, 0.5) is 0 Å². The third-order valence-corrected chi connectivity index (χ3v) is 5.15. The van der Waals surface area contributed by atoms with Crippen LogP contribution in [0.25, 0.3) is 22.2 Å². The monoisotopic (exact) mass is 438 g/mol. The second-order valence-electron chi connectivity index (χ2n) is 6.94. The van der Waals surface area contributed by atoms with Gasteiger partial charge in [0.1, 0.15) is 23.3 Å². The van der Waals surface area contributed by atoms with Crippen LogP contribution in [0.5, 0.6) is 11.5 Å². The molecular formula is C22H19ClN4O4. The standard InChI is InChI=1S/C22H19ClN4O4/c1-27-21-15(10-25-27)20(7-6-16(21)23)31-14-4-2-12(3-5-14)17-8-13(19(29)11-28)9-18(26-17)22(24)30/h2-10,19,28-29H,11H2,1H3,(H2,24,30)/t19-/m1/s1. The number of primary amides is 1. The minimum absolute atomic E-state index is 0.000426. The number of aliphatic hydroxyl groups is 2. The van der Waals surface area contributed by atoms with E-state index < -0.39 is 18.6 Å². The molecule has 158 valence electrons. The SMILES string of the molecule is Cn1ncc2c(Oc3ccc(-c4cc([C@H](O)CO)cc(C(N)=O)n4)cc3)ccc(Cl)c21. The number of hydrogen-bond acceptors (Lipinski definition) is 6. The van der Waals surface area contributed by atoms with Gasteiger partial charge in [-0.15, -0.1) is 0 Å². The average molecular weight is 439 g/mol. The van der Waals surface area contributed by atoms with Crippen molar-refractivity contribution in [1.29, 1.82) is 0 Å². The molecule has 8 nitrogen and oxygen atoms in total. The van der Waals surface area contributed by atoms with E-state index in [-0.39, 0.29) is 5.69 Å². The predicted molar refractivity (Wildman–Crippen MR) is 116 cm³/mol. The Morgan fingerprint density at radius 2 is 1.97 bits per heavy atom. The number of carbonyl (C=O) groups excluding carboxylic acids is 1. The van der Waals surface area contributed by atoms with Gasteiger partial charge >= 0.3 is 0 Å². The fourth-order valence-corrected chi connectivity index (χ4v) is 3.54. The summed E-state index contributed by atoms with van der Waals surface area (Å²) >= 11 is 6.26. The Hall–Kier alpha value is -3.46. The molecule has 0 fully saturated rings. The van der Waals surface area contributed by atoms with Crippen LogP contribution < -0.4 is 10.5 Å². The van der Waals surface area contributed by atoms with E-state index in [0.29, 0.717) is 33.3 Å². The van der Waals surface area contributed by atoms with Crippen LogP contribution in [-0.2, 0) is 7.05 Å². The molecule has 1 amide bonds. The lowest BCUT2D eigenvalue weighted by atomic mass is 10.0. The van der Waals surface area contributed by atoms with Gasteiger partial charge in [-0.1, -0.05) is 11.6 Å². The molecule has 4 rings (SSSR count). The Kier molecular flexibility index (Phi) is 5.60. The van der Waals surface area contributed by atoms with E-state index in [1.54, 1.807) is 53.3 Å². The van der Waals surface area contributed by atoms with Crippen LogP contribution in [0, 0.1) is 0 Å². The number of aryl methyl sites for hydroxylation is 1. The number of aliphatic hydroxyl groups excluding tert-OH is 2. The van der Waals surface area contributed by atoms with E-state index in [2.05, 4.69) is 10.1 Å². The van der Waals surface area contributed by atoms with Crippen LogP contribution in [0.1, 0.15) is 22.2 Å². The summed E-state index contributed by atoms with van der Waals surface area (Å²) in [7, 11) is 1.81. The number of nitrogens with two attached hydrogens (primary N) is 1. The summed E-state index contributed by atoms with van der Waals surface area (Å²) in [6.45, 7) is -0.488. The molecule has 0 radical (unpaired) electrons. The van der Waals surface area contributed by atoms with Crippen molar-refractivity contribution in [2.75, 3.05) is 6.61 Å². The lowest BCUT2D eigenvalue weighted by Gasteiger charge is -2.12. The van der Waals surface area contributed by atoms with E-state index in [1.807, 2.05) is 7.05 Å². The molecule has 0 aliphatic rings. The minimum atomic E-state index is -1.14. The summed E-state index contributed by atoms with van der Waals surface area (Å²) in [6, 6.07) is 13.6. The van der Waals surface area contributed by atoms with Crippen molar-refractivity contribution in [2.45, 2.75) is 6.10 Å². The number of aromatic nitrogens is 3. The Labute approximate surface area is 182 Å². The Balaban J connectivity index is 1.66. The maximum Gasteiger partial charge on any atom is 0.267 e. The van der Waals surface area contributed by atoms with E-state index in [1.165, 1.54) is 6.07 Å². The summed E-state index contributed by atoms with van der Waals surface area (Å²) in [5.74, 6) is 0.469. The zero-order valence-electron chi connectivity index (χ0n) is 16.5. The third-order valence-electron chi connectivity index (χ3n) is 4.85. The summed E-state index contributed by atoms with van der Waals surface area (Å²) in [5, 5.41) is 24.8. The third kappa shape index (κ3) is 4.09. The highest BCUT2D eigenvalue weighted by Crippen LogP contribution is 2.34. The van der Waals surface area contributed by atoms with Crippen LogP contribution in [-0.4, -0.2) is 37.5 Å². The van der Waals surface area contributed by atoms with Crippen molar-refractivity contribution in [3.63, 3.8) is 0 Å². The first-order chi connectivity index (χ1) is 14.9. The number of fused-ring (bicyclic) bond motifs is 1. The number of amides is 1. The molecule has 1 atom stereocenters. The number of halogens is 1. The maximum atomic E-state index is 11.6. The van der Waals surface area contributed by atoms with Crippen LogP contribution in [0.3, 0.4) is 0 Å². The van der Waals surface area contributed by atoms with E-state index in [4.69, 9.17) is 22.1 Å². The highest BCUT2D eigenvalue weighted by atomic mass is 35.5. The molecule has 0 saturated heterocycles. The van der Waals surface area contributed by atoms with Crippen LogP contribution in [0.2, 0.25) is 5.02 Å². The van der Waals surface area contributed by atoms with E-state index in [9.17, 15) is 15.0 Å². The number of pyridine rings is 1. The normalized spacial score (nSPS) is 12.1. The Bertz CT molecular complexity index is 1270. The number of ether oxygens (including phenoxy) is 1. The molecule has 0 unspecified atom stereocenters. The van der Waals surface area contributed by atoms with Crippen molar-refractivity contribution in [1.82, 2.24) is 14.8 Å². The highest BCUT2D eigenvalue weighted by molar-refractivity contribution is 6.35. The Morgan fingerprint density at radius 1 is 1.23 bits per heavy atom. The van der Waals surface area contributed by atoms with E-state index >= 15 is 0 Å².